The predicted octanol–water partition coefficient (Wildman–Crippen LogP) is 4.05. The van der Waals surface area contributed by atoms with Gasteiger partial charge in [-0.15, -0.1) is 0 Å². The summed E-state index contributed by atoms with van der Waals surface area (Å²) in [7, 11) is 0. The summed E-state index contributed by atoms with van der Waals surface area (Å²) in [4.78, 5) is 11.4. The smallest absolute Gasteiger partial charge is 0.200 e. The fourth-order valence-corrected chi connectivity index (χ4v) is 2.25. The van der Waals surface area contributed by atoms with Crippen LogP contribution in [0.15, 0.2) is 66.9 Å². The normalized spacial score (nSPS) is 10.3. The van der Waals surface area contributed by atoms with Gasteiger partial charge in [0.25, 0.3) is 0 Å². The molecule has 2 aromatic carbocycles. The number of aliphatic hydroxyl groups excluding tert-OH is 1. The maximum atomic E-state index is 11.4. The van der Waals surface area contributed by atoms with Crippen molar-refractivity contribution in [2.24, 2.45) is 0 Å². The molecule has 0 saturated carbocycles. The summed E-state index contributed by atoms with van der Waals surface area (Å²) in [6.07, 6.45) is 3.41. The third-order valence-electron chi connectivity index (χ3n) is 3.48. The minimum atomic E-state index is -0.373. The van der Waals surface area contributed by atoms with Crippen molar-refractivity contribution >= 4 is 5.78 Å². The van der Waals surface area contributed by atoms with E-state index in [1.165, 1.54) is 11.1 Å². The van der Waals surface area contributed by atoms with Gasteiger partial charge in [0.2, 0.25) is 5.78 Å². The average Bonchev–Trinajstić information content (AvgIpc) is 2.50. The molecule has 0 spiro atoms. The van der Waals surface area contributed by atoms with E-state index in [9.17, 15) is 4.79 Å². The van der Waals surface area contributed by atoms with Gasteiger partial charge < -0.3 is 5.11 Å². The number of rotatable bonds is 7. The molecule has 21 heavy (non-hydrogen) atoms. The number of allylic oxidation sites excluding steroid dienone is 1. The van der Waals surface area contributed by atoms with Gasteiger partial charge in [-0.05, 0) is 36.0 Å². The van der Waals surface area contributed by atoms with Crippen molar-refractivity contribution in [3.8, 4) is 0 Å². The average molecular weight is 280 g/mol. The first-order valence-corrected chi connectivity index (χ1v) is 7.18. The maximum absolute atomic E-state index is 11.4. The molecule has 2 rings (SSSR count). The summed E-state index contributed by atoms with van der Waals surface area (Å²) in [5, 5.41) is 9.02. The van der Waals surface area contributed by atoms with E-state index >= 15 is 0 Å². The first-order valence-electron chi connectivity index (χ1n) is 7.18. The van der Waals surface area contributed by atoms with Crippen LogP contribution in [0.3, 0.4) is 0 Å². The van der Waals surface area contributed by atoms with E-state index in [0.717, 1.165) is 24.8 Å². The number of hydrogen-bond acceptors (Lipinski definition) is 2. The van der Waals surface area contributed by atoms with Crippen LogP contribution in [0.4, 0.5) is 0 Å². The van der Waals surface area contributed by atoms with Crippen molar-refractivity contribution in [3.63, 3.8) is 0 Å². The lowest BCUT2D eigenvalue weighted by atomic mass is 10.0. The molecule has 0 radical (unpaired) electrons. The highest BCUT2D eigenvalue weighted by molar-refractivity contribution is 5.93. The van der Waals surface area contributed by atoms with Gasteiger partial charge in [-0.25, -0.2) is 0 Å². The number of aliphatic hydroxyl groups is 1. The van der Waals surface area contributed by atoms with Crippen molar-refractivity contribution in [2.45, 2.75) is 25.7 Å². The largest absolute Gasteiger partial charge is 0.505 e. The van der Waals surface area contributed by atoms with Gasteiger partial charge in [0, 0.05) is 6.42 Å². The summed E-state index contributed by atoms with van der Waals surface area (Å²) in [6, 6.07) is 18.4. The van der Waals surface area contributed by atoms with Crippen molar-refractivity contribution in [3.05, 3.63) is 83.6 Å². The Balaban J connectivity index is 1.82. The second kappa shape index (κ2) is 7.44. The van der Waals surface area contributed by atoms with E-state index in [1.54, 1.807) is 0 Å². The predicted molar refractivity (Wildman–Crippen MR) is 85.4 cm³/mol. The number of benzene rings is 2. The lowest BCUT2D eigenvalue weighted by Gasteiger charge is -2.04. The standard InChI is InChI=1S/C19H20O2/c1-15(20)19(21)14-18-12-10-17(11-13-18)9-5-8-16-6-3-2-4-7-16/h2-4,6-7,10-13,20H,1,5,8-9,14H2. The summed E-state index contributed by atoms with van der Waals surface area (Å²) < 4.78 is 0. The molecule has 0 amide bonds. The van der Waals surface area contributed by atoms with E-state index in [-0.39, 0.29) is 18.0 Å². The minimum absolute atomic E-state index is 0.208. The molecule has 0 aromatic heterocycles. The lowest BCUT2D eigenvalue weighted by Crippen LogP contribution is -2.04. The van der Waals surface area contributed by atoms with Gasteiger partial charge >= 0.3 is 0 Å². The molecule has 1 N–H and O–H groups in total. The molecule has 0 aliphatic rings. The molecule has 2 nitrogen and oxygen atoms in total. The Morgan fingerprint density at radius 2 is 1.38 bits per heavy atom. The number of hydrogen-bond donors (Lipinski definition) is 1. The van der Waals surface area contributed by atoms with Crippen LogP contribution in [0.1, 0.15) is 23.1 Å². The molecule has 0 aliphatic carbocycles. The summed E-state index contributed by atoms with van der Waals surface area (Å²) >= 11 is 0. The molecule has 2 aromatic rings. The molecule has 0 saturated heterocycles. The Labute approximate surface area is 125 Å². The molecule has 0 fully saturated rings. The van der Waals surface area contributed by atoms with Crippen molar-refractivity contribution < 1.29 is 9.90 Å². The van der Waals surface area contributed by atoms with Crippen LogP contribution < -0.4 is 0 Å². The van der Waals surface area contributed by atoms with Crippen molar-refractivity contribution in [1.29, 1.82) is 0 Å². The zero-order chi connectivity index (χ0) is 15.1. The quantitative estimate of drug-likeness (QED) is 0.614. The monoisotopic (exact) mass is 280 g/mol. The number of carbonyl (C=O) groups excluding carboxylic acids is 1. The van der Waals surface area contributed by atoms with E-state index in [0.29, 0.717) is 0 Å². The zero-order valence-electron chi connectivity index (χ0n) is 12.1. The number of carbonyl (C=O) groups is 1. The highest BCUT2D eigenvalue weighted by Gasteiger charge is 2.06. The van der Waals surface area contributed by atoms with Crippen LogP contribution in [-0.2, 0) is 24.1 Å². The summed E-state index contributed by atoms with van der Waals surface area (Å²) in [5.74, 6) is -0.700. The first kappa shape index (κ1) is 15.0. The Morgan fingerprint density at radius 3 is 1.95 bits per heavy atom. The summed E-state index contributed by atoms with van der Waals surface area (Å²) in [5.41, 5.74) is 3.54. The third-order valence-corrected chi connectivity index (χ3v) is 3.48. The topological polar surface area (TPSA) is 37.3 Å². The van der Waals surface area contributed by atoms with Gasteiger partial charge in [0.1, 0.15) is 0 Å². The molecule has 0 atom stereocenters. The lowest BCUT2D eigenvalue weighted by molar-refractivity contribution is -0.117. The Morgan fingerprint density at radius 1 is 0.857 bits per heavy atom. The molecule has 108 valence electrons. The summed E-state index contributed by atoms with van der Waals surface area (Å²) in [6.45, 7) is 3.24. The minimum Gasteiger partial charge on any atom is -0.505 e. The Kier molecular flexibility index (Phi) is 5.33. The first-order chi connectivity index (χ1) is 10.1. The van der Waals surface area contributed by atoms with Crippen molar-refractivity contribution in [2.75, 3.05) is 0 Å². The molecule has 0 aliphatic heterocycles. The van der Waals surface area contributed by atoms with Crippen LogP contribution >= 0.6 is 0 Å². The van der Waals surface area contributed by atoms with Gasteiger partial charge in [-0.3, -0.25) is 4.79 Å². The van der Waals surface area contributed by atoms with Crippen LogP contribution in [0.5, 0.6) is 0 Å². The van der Waals surface area contributed by atoms with Gasteiger partial charge in [0.05, 0.1) is 0 Å². The van der Waals surface area contributed by atoms with E-state index < -0.39 is 0 Å². The molecule has 0 bridgehead atoms. The fourth-order valence-electron chi connectivity index (χ4n) is 2.25. The third kappa shape index (κ3) is 4.92. The molecule has 0 unspecified atom stereocenters. The highest BCUT2D eigenvalue weighted by atomic mass is 16.3. The van der Waals surface area contributed by atoms with Crippen LogP contribution in [0.2, 0.25) is 0 Å². The Bertz CT molecular complexity index is 597. The highest BCUT2D eigenvalue weighted by Crippen LogP contribution is 2.11. The Hall–Kier alpha value is -2.35. The van der Waals surface area contributed by atoms with Gasteiger partial charge in [-0.1, -0.05) is 61.2 Å². The second-order valence-electron chi connectivity index (χ2n) is 5.20. The SMILES string of the molecule is C=C(O)C(=O)Cc1ccc(CCCc2ccccc2)cc1. The van der Waals surface area contributed by atoms with Crippen LogP contribution in [0, 0.1) is 0 Å². The molecule has 0 heterocycles. The number of ketones is 1. The van der Waals surface area contributed by atoms with Gasteiger partial charge in [0.15, 0.2) is 5.76 Å². The molecular weight excluding hydrogens is 260 g/mol. The molecule has 2 heteroatoms. The fraction of sp³-hybridized carbons (Fsp3) is 0.211. The van der Waals surface area contributed by atoms with E-state index in [1.807, 2.05) is 30.3 Å². The number of aryl methyl sites for hydroxylation is 2. The zero-order valence-corrected chi connectivity index (χ0v) is 12.1. The molecular formula is C19H20O2. The number of Topliss-reactive ketones (excluding diaryl/α,β-unsaturated/α-hetero) is 1. The van der Waals surface area contributed by atoms with Crippen LogP contribution in [0.25, 0.3) is 0 Å². The van der Waals surface area contributed by atoms with E-state index in [2.05, 4.69) is 30.8 Å². The van der Waals surface area contributed by atoms with Crippen LogP contribution in [-0.4, -0.2) is 10.9 Å². The van der Waals surface area contributed by atoms with E-state index in [4.69, 9.17) is 5.11 Å². The van der Waals surface area contributed by atoms with Crippen molar-refractivity contribution in [1.82, 2.24) is 0 Å². The van der Waals surface area contributed by atoms with Gasteiger partial charge in [-0.2, -0.15) is 0 Å². The second-order valence-corrected chi connectivity index (χ2v) is 5.20. The maximum Gasteiger partial charge on any atom is 0.200 e.